The van der Waals surface area contributed by atoms with E-state index in [1.807, 2.05) is 72.4 Å². The largest absolute Gasteiger partial charge is 0.383 e. The fraction of sp³-hybridized carbons (Fsp3) is 0.222. The molecule has 2 N–H and O–H groups in total. The van der Waals surface area contributed by atoms with Crippen LogP contribution in [0.2, 0.25) is 0 Å². The SMILES string of the molecule is Cl.N/C(=N\C(=N\c1ccccc1)N1CCSCC1)c1ccccc1. The number of guanidine groups is 1. The fourth-order valence-corrected chi connectivity index (χ4v) is 3.23. The summed E-state index contributed by atoms with van der Waals surface area (Å²) in [5.74, 6) is 3.37. The normalized spacial score (nSPS) is 15.8. The van der Waals surface area contributed by atoms with E-state index in [9.17, 15) is 0 Å². The highest BCUT2D eigenvalue weighted by Gasteiger charge is 2.15. The average molecular weight is 361 g/mol. The zero-order valence-electron chi connectivity index (χ0n) is 13.3. The van der Waals surface area contributed by atoms with Gasteiger partial charge in [0.1, 0.15) is 5.84 Å². The van der Waals surface area contributed by atoms with Crippen molar-refractivity contribution in [3.63, 3.8) is 0 Å². The molecule has 1 heterocycles. The second-order valence-corrected chi connectivity index (χ2v) is 6.43. The topological polar surface area (TPSA) is 54.0 Å². The number of para-hydroxylation sites is 1. The first-order valence-electron chi connectivity index (χ1n) is 7.69. The summed E-state index contributed by atoms with van der Waals surface area (Å²) in [6.45, 7) is 1.89. The van der Waals surface area contributed by atoms with Gasteiger partial charge in [0.05, 0.1) is 5.69 Å². The number of thioether (sulfide) groups is 1. The number of aliphatic imine (C=N–C) groups is 2. The molecule has 0 spiro atoms. The van der Waals surface area contributed by atoms with E-state index in [-0.39, 0.29) is 12.4 Å². The number of hydrogen-bond acceptors (Lipinski definition) is 2. The number of nitrogens with zero attached hydrogens (tertiary/aromatic N) is 3. The molecule has 3 rings (SSSR count). The van der Waals surface area contributed by atoms with Gasteiger partial charge in [0, 0.05) is 30.2 Å². The van der Waals surface area contributed by atoms with Crippen molar-refractivity contribution >= 4 is 41.7 Å². The van der Waals surface area contributed by atoms with Crippen molar-refractivity contribution in [2.75, 3.05) is 24.6 Å². The van der Waals surface area contributed by atoms with Gasteiger partial charge in [-0.25, -0.2) is 4.99 Å². The first-order chi connectivity index (χ1) is 11.3. The molecule has 0 radical (unpaired) electrons. The molecule has 6 heteroatoms. The highest BCUT2D eigenvalue weighted by Crippen LogP contribution is 2.16. The summed E-state index contributed by atoms with van der Waals surface area (Å²) in [6, 6.07) is 19.7. The van der Waals surface area contributed by atoms with Crippen molar-refractivity contribution in [3.8, 4) is 0 Å². The Bertz CT molecular complexity index is 683. The smallest absolute Gasteiger partial charge is 0.227 e. The summed E-state index contributed by atoms with van der Waals surface area (Å²) in [4.78, 5) is 11.5. The molecule has 1 fully saturated rings. The molecule has 0 bridgehead atoms. The summed E-state index contributed by atoms with van der Waals surface area (Å²) < 4.78 is 0. The minimum absolute atomic E-state index is 0. The van der Waals surface area contributed by atoms with E-state index >= 15 is 0 Å². The molecule has 2 aromatic carbocycles. The molecule has 1 saturated heterocycles. The molecule has 1 aliphatic heterocycles. The number of halogens is 1. The van der Waals surface area contributed by atoms with E-state index in [1.54, 1.807) is 0 Å². The summed E-state index contributed by atoms with van der Waals surface area (Å²) in [5.41, 5.74) is 8.00. The van der Waals surface area contributed by atoms with Gasteiger partial charge in [0.25, 0.3) is 0 Å². The zero-order valence-corrected chi connectivity index (χ0v) is 15.0. The second kappa shape index (κ2) is 9.35. The van der Waals surface area contributed by atoms with Crippen molar-refractivity contribution in [2.45, 2.75) is 0 Å². The van der Waals surface area contributed by atoms with Gasteiger partial charge < -0.3 is 10.6 Å². The van der Waals surface area contributed by atoms with Crippen molar-refractivity contribution in [3.05, 3.63) is 66.2 Å². The van der Waals surface area contributed by atoms with E-state index < -0.39 is 0 Å². The zero-order chi connectivity index (χ0) is 15.9. The molecular formula is C18H21ClN4S. The van der Waals surface area contributed by atoms with Crippen molar-refractivity contribution < 1.29 is 0 Å². The standard InChI is InChI=1S/C18H20N4S.ClH/c19-17(15-7-3-1-4-8-15)21-18(22-11-13-23-14-12-22)20-16-9-5-2-6-10-16;/h1-10H,11-14H2,(H2,19,20,21);1H. The lowest BCUT2D eigenvalue weighted by Crippen LogP contribution is -2.38. The van der Waals surface area contributed by atoms with Crippen LogP contribution >= 0.6 is 24.2 Å². The average Bonchev–Trinajstić information content (AvgIpc) is 2.63. The maximum atomic E-state index is 6.19. The van der Waals surface area contributed by atoms with E-state index in [1.165, 1.54) is 0 Å². The predicted molar refractivity (Wildman–Crippen MR) is 107 cm³/mol. The first kappa shape index (κ1) is 18.4. The van der Waals surface area contributed by atoms with Gasteiger partial charge in [0.2, 0.25) is 5.96 Å². The monoisotopic (exact) mass is 360 g/mol. The summed E-state index contributed by atoms with van der Waals surface area (Å²) >= 11 is 1.96. The Kier molecular flexibility index (Phi) is 7.15. The van der Waals surface area contributed by atoms with Gasteiger partial charge in [-0.05, 0) is 12.1 Å². The van der Waals surface area contributed by atoms with Crippen LogP contribution < -0.4 is 5.73 Å². The molecular weight excluding hydrogens is 340 g/mol. The Morgan fingerprint density at radius 2 is 1.50 bits per heavy atom. The molecule has 1 aliphatic rings. The van der Waals surface area contributed by atoms with Gasteiger partial charge >= 0.3 is 0 Å². The third-order valence-electron chi connectivity index (χ3n) is 3.57. The number of rotatable bonds is 2. The number of benzene rings is 2. The van der Waals surface area contributed by atoms with Gasteiger partial charge in [0.15, 0.2) is 0 Å². The molecule has 0 amide bonds. The summed E-state index contributed by atoms with van der Waals surface area (Å²) in [7, 11) is 0. The van der Waals surface area contributed by atoms with E-state index in [0.717, 1.165) is 35.8 Å². The van der Waals surface area contributed by atoms with Gasteiger partial charge in [-0.1, -0.05) is 48.5 Å². The van der Waals surface area contributed by atoms with Crippen LogP contribution in [0.3, 0.4) is 0 Å². The highest BCUT2D eigenvalue weighted by atomic mass is 35.5. The Labute approximate surface area is 153 Å². The van der Waals surface area contributed by atoms with Gasteiger partial charge in [-0.3, -0.25) is 0 Å². The maximum Gasteiger partial charge on any atom is 0.227 e. The first-order valence-corrected chi connectivity index (χ1v) is 8.84. The molecule has 4 nitrogen and oxygen atoms in total. The van der Waals surface area contributed by atoms with Crippen LogP contribution in [0.15, 0.2) is 70.6 Å². The van der Waals surface area contributed by atoms with Gasteiger partial charge in [-0.15, -0.1) is 12.4 Å². The third-order valence-corrected chi connectivity index (χ3v) is 4.51. The van der Waals surface area contributed by atoms with Crippen molar-refractivity contribution in [2.24, 2.45) is 15.7 Å². The van der Waals surface area contributed by atoms with Crippen molar-refractivity contribution in [1.29, 1.82) is 0 Å². The lowest BCUT2D eigenvalue weighted by molar-refractivity contribution is 0.458. The third kappa shape index (κ3) is 5.01. The lowest BCUT2D eigenvalue weighted by Gasteiger charge is -2.27. The quantitative estimate of drug-likeness (QED) is 0.658. The van der Waals surface area contributed by atoms with Crippen LogP contribution in [0.5, 0.6) is 0 Å². The van der Waals surface area contributed by atoms with E-state index in [0.29, 0.717) is 11.8 Å². The molecule has 0 unspecified atom stereocenters. The minimum atomic E-state index is 0. The molecule has 0 aliphatic carbocycles. The van der Waals surface area contributed by atoms with E-state index in [4.69, 9.17) is 10.7 Å². The highest BCUT2D eigenvalue weighted by molar-refractivity contribution is 7.99. The molecule has 0 atom stereocenters. The van der Waals surface area contributed by atoms with Crippen LogP contribution in [0, 0.1) is 0 Å². The Morgan fingerprint density at radius 1 is 0.917 bits per heavy atom. The number of nitrogens with two attached hydrogens (primary N) is 1. The molecule has 24 heavy (non-hydrogen) atoms. The Hall–Kier alpha value is -1.98. The maximum absolute atomic E-state index is 6.19. The van der Waals surface area contributed by atoms with E-state index in [2.05, 4.69) is 9.89 Å². The summed E-state index contributed by atoms with van der Waals surface area (Å²) in [6.07, 6.45) is 0. The molecule has 0 saturated carbocycles. The number of amidine groups is 1. The Balaban J connectivity index is 0.00000208. The van der Waals surface area contributed by atoms with Crippen LogP contribution in [-0.2, 0) is 0 Å². The molecule has 126 valence electrons. The van der Waals surface area contributed by atoms with Crippen LogP contribution in [-0.4, -0.2) is 41.3 Å². The Morgan fingerprint density at radius 3 is 2.12 bits per heavy atom. The molecule has 2 aromatic rings. The lowest BCUT2D eigenvalue weighted by atomic mass is 10.2. The second-order valence-electron chi connectivity index (χ2n) is 5.21. The van der Waals surface area contributed by atoms with Gasteiger partial charge in [-0.2, -0.15) is 16.8 Å². The fourth-order valence-electron chi connectivity index (χ4n) is 2.33. The van der Waals surface area contributed by atoms with Crippen LogP contribution in [0.4, 0.5) is 5.69 Å². The summed E-state index contributed by atoms with van der Waals surface area (Å²) in [5, 5.41) is 0. The number of hydrogen-bond donors (Lipinski definition) is 1. The predicted octanol–water partition coefficient (Wildman–Crippen LogP) is 3.55. The minimum Gasteiger partial charge on any atom is -0.383 e. The molecule has 0 aromatic heterocycles. The van der Waals surface area contributed by atoms with Crippen LogP contribution in [0.1, 0.15) is 5.56 Å². The van der Waals surface area contributed by atoms with Crippen LogP contribution in [0.25, 0.3) is 0 Å². The van der Waals surface area contributed by atoms with Crippen molar-refractivity contribution in [1.82, 2.24) is 4.90 Å².